The summed E-state index contributed by atoms with van der Waals surface area (Å²) in [5.74, 6) is -1.26. The summed E-state index contributed by atoms with van der Waals surface area (Å²) in [6.07, 6.45) is 19.6. The van der Waals surface area contributed by atoms with Crippen LogP contribution in [0.3, 0.4) is 0 Å². The zero-order valence-corrected chi connectivity index (χ0v) is 23.1. The third-order valence-electron chi connectivity index (χ3n) is 6.12. The van der Waals surface area contributed by atoms with Crippen LogP contribution in [-0.4, -0.2) is 50.7 Å². The smallest absolute Gasteiger partial charge is 0.240 e. The van der Waals surface area contributed by atoms with Gasteiger partial charge in [0.15, 0.2) is 0 Å². The molecule has 0 saturated heterocycles. The van der Waals surface area contributed by atoms with E-state index in [2.05, 4.69) is 17.6 Å². The van der Waals surface area contributed by atoms with Crippen molar-refractivity contribution in [2.24, 2.45) is 5.73 Å². The second-order valence-corrected chi connectivity index (χ2v) is 12.0. The summed E-state index contributed by atoms with van der Waals surface area (Å²) in [7, 11) is -3.24. The molecule has 0 rings (SSSR count). The molecule has 1 atom stereocenters. The Hall–Kier alpha value is -1.64. The molecular weight excluding hydrogens is 466 g/mol. The molecule has 1 unspecified atom stereocenters. The van der Waals surface area contributed by atoms with E-state index in [0.29, 0.717) is 25.8 Å². The van der Waals surface area contributed by atoms with Gasteiger partial charge >= 0.3 is 0 Å². The maximum Gasteiger partial charge on any atom is 0.240 e. The first kappa shape index (κ1) is 33.4. The third kappa shape index (κ3) is 23.9. The number of carbonyl (C=O) groups is 3. The Balaban J connectivity index is 3.59. The lowest BCUT2D eigenvalue weighted by Gasteiger charge is -2.15. The van der Waals surface area contributed by atoms with Crippen molar-refractivity contribution in [1.29, 1.82) is 0 Å². The monoisotopic (exact) mass is 517 g/mol. The molecule has 0 aliphatic carbocycles. The largest absolute Gasteiger partial charge is 0.368 e. The van der Waals surface area contributed by atoms with E-state index in [1.165, 1.54) is 70.6 Å². The van der Waals surface area contributed by atoms with Gasteiger partial charge in [0.2, 0.25) is 17.7 Å². The lowest BCUT2D eigenvalue weighted by Crippen LogP contribution is -2.45. The van der Waals surface area contributed by atoms with Crippen molar-refractivity contribution in [3.63, 3.8) is 0 Å². The SMILES string of the molecule is CCCCCCCCCCCCCCCC(=O)NCCCCC(=O)NC(CCS(C)(=O)=O)C(N)=O. The molecular formula is C26H51N3O5S. The van der Waals surface area contributed by atoms with E-state index in [9.17, 15) is 22.8 Å². The topological polar surface area (TPSA) is 135 Å². The molecule has 0 fully saturated rings. The van der Waals surface area contributed by atoms with Gasteiger partial charge in [-0.3, -0.25) is 14.4 Å². The van der Waals surface area contributed by atoms with Gasteiger partial charge in [-0.15, -0.1) is 0 Å². The molecule has 0 aliphatic rings. The maximum atomic E-state index is 12.0. The molecule has 0 aromatic carbocycles. The molecule has 4 N–H and O–H groups in total. The van der Waals surface area contributed by atoms with Crippen LogP contribution in [0.15, 0.2) is 0 Å². The lowest BCUT2D eigenvalue weighted by molar-refractivity contribution is -0.127. The van der Waals surface area contributed by atoms with E-state index in [4.69, 9.17) is 5.73 Å². The molecule has 0 radical (unpaired) electrons. The number of carbonyl (C=O) groups excluding carboxylic acids is 3. The van der Waals surface area contributed by atoms with E-state index in [0.717, 1.165) is 19.1 Å². The molecule has 0 aromatic rings. The van der Waals surface area contributed by atoms with Gasteiger partial charge in [0.1, 0.15) is 15.9 Å². The minimum Gasteiger partial charge on any atom is -0.368 e. The fraction of sp³-hybridized carbons (Fsp3) is 0.885. The van der Waals surface area contributed by atoms with Crippen molar-refractivity contribution < 1.29 is 22.8 Å². The van der Waals surface area contributed by atoms with Crippen molar-refractivity contribution in [2.45, 2.75) is 129 Å². The highest BCUT2D eigenvalue weighted by Gasteiger charge is 2.19. The molecule has 0 spiro atoms. The van der Waals surface area contributed by atoms with E-state index in [1.807, 2.05) is 0 Å². The molecule has 8 nitrogen and oxygen atoms in total. The van der Waals surface area contributed by atoms with Gasteiger partial charge in [-0.1, -0.05) is 84.0 Å². The third-order valence-corrected chi connectivity index (χ3v) is 7.09. The Morgan fingerprint density at radius 3 is 1.66 bits per heavy atom. The van der Waals surface area contributed by atoms with Gasteiger partial charge in [0, 0.05) is 25.6 Å². The van der Waals surface area contributed by atoms with E-state index >= 15 is 0 Å². The maximum absolute atomic E-state index is 12.0. The quantitative estimate of drug-likeness (QED) is 0.165. The van der Waals surface area contributed by atoms with Crippen molar-refractivity contribution in [3.8, 4) is 0 Å². The van der Waals surface area contributed by atoms with E-state index in [-0.39, 0.29) is 30.4 Å². The van der Waals surface area contributed by atoms with Crippen LogP contribution >= 0.6 is 0 Å². The molecule has 0 saturated carbocycles. The predicted octanol–water partition coefficient (Wildman–Crippen LogP) is 4.16. The number of nitrogens with two attached hydrogens (primary N) is 1. The van der Waals surface area contributed by atoms with Crippen molar-refractivity contribution >= 4 is 27.6 Å². The summed E-state index contributed by atoms with van der Waals surface area (Å²) in [5.41, 5.74) is 5.24. The number of sulfone groups is 1. The average Bonchev–Trinajstić information content (AvgIpc) is 2.78. The minimum absolute atomic E-state index is 0.0326. The highest BCUT2D eigenvalue weighted by Crippen LogP contribution is 2.13. The molecule has 3 amide bonds. The zero-order chi connectivity index (χ0) is 26.4. The van der Waals surface area contributed by atoms with Crippen LogP contribution in [0.5, 0.6) is 0 Å². The van der Waals surface area contributed by atoms with Crippen molar-refractivity contribution in [1.82, 2.24) is 10.6 Å². The Labute approximate surface area is 213 Å². The summed E-state index contributed by atoms with van der Waals surface area (Å²) in [6.45, 7) is 2.76. The number of primary amides is 1. The van der Waals surface area contributed by atoms with Gasteiger partial charge in [-0.25, -0.2) is 8.42 Å². The molecule has 0 aromatic heterocycles. The second-order valence-electron chi connectivity index (χ2n) is 9.74. The second kappa shape index (κ2) is 21.6. The van der Waals surface area contributed by atoms with Crippen LogP contribution in [0.1, 0.15) is 122 Å². The standard InChI is InChI=1S/C26H51N3O5S/c1-3-4-5-6-7-8-9-10-11-12-13-14-15-18-24(30)28-21-17-16-19-25(31)29-23(26(27)32)20-22-35(2,33)34/h23H,3-22H2,1-2H3,(H2,27,32)(H,28,30)(H,29,31). The number of amides is 3. The highest BCUT2D eigenvalue weighted by atomic mass is 32.2. The highest BCUT2D eigenvalue weighted by molar-refractivity contribution is 7.90. The molecule has 0 heterocycles. The number of nitrogens with one attached hydrogen (secondary N) is 2. The van der Waals surface area contributed by atoms with Crippen LogP contribution < -0.4 is 16.4 Å². The molecule has 0 bridgehead atoms. The Morgan fingerprint density at radius 1 is 0.714 bits per heavy atom. The number of hydrogen-bond acceptors (Lipinski definition) is 5. The number of rotatable bonds is 24. The first-order chi connectivity index (χ1) is 16.7. The summed E-state index contributed by atoms with van der Waals surface area (Å²) >= 11 is 0. The molecule has 0 aliphatic heterocycles. The average molecular weight is 518 g/mol. The Kier molecular flexibility index (Phi) is 20.6. The van der Waals surface area contributed by atoms with Crippen LogP contribution in [0, 0.1) is 0 Å². The summed E-state index contributed by atoms with van der Waals surface area (Å²) in [4.78, 5) is 35.3. The van der Waals surface area contributed by atoms with Crippen molar-refractivity contribution in [2.75, 3.05) is 18.6 Å². The number of hydrogen-bond donors (Lipinski definition) is 3. The zero-order valence-electron chi connectivity index (χ0n) is 22.2. The van der Waals surface area contributed by atoms with Crippen LogP contribution in [0.2, 0.25) is 0 Å². The van der Waals surface area contributed by atoms with Crippen LogP contribution in [0.4, 0.5) is 0 Å². The molecule has 35 heavy (non-hydrogen) atoms. The Morgan fingerprint density at radius 2 is 1.17 bits per heavy atom. The molecule has 206 valence electrons. The van der Waals surface area contributed by atoms with Gasteiger partial charge in [-0.2, -0.15) is 0 Å². The Bertz CT molecular complexity index is 682. The van der Waals surface area contributed by atoms with E-state index < -0.39 is 21.8 Å². The van der Waals surface area contributed by atoms with Gasteiger partial charge < -0.3 is 16.4 Å². The summed E-state index contributed by atoms with van der Waals surface area (Å²) < 4.78 is 22.5. The van der Waals surface area contributed by atoms with Crippen LogP contribution in [0.25, 0.3) is 0 Å². The first-order valence-electron chi connectivity index (χ1n) is 13.7. The fourth-order valence-electron chi connectivity index (χ4n) is 3.91. The normalized spacial score (nSPS) is 12.3. The fourth-order valence-corrected chi connectivity index (χ4v) is 4.58. The predicted molar refractivity (Wildman–Crippen MR) is 143 cm³/mol. The van der Waals surface area contributed by atoms with Gasteiger partial charge in [0.05, 0.1) is 5.75 Å². The summed E-state index contributed by atoms with van der Waals surface area (Å²) in [5, 5.41) is 5.38. The van der Waals surface area contributed by atoms with Crippen molar-refractivity contribution in [3.05, 3.63) is 0 Å². The molecule has 9 heteroatoms. The van der Waals surface area contributed by atoms with E-state index in [1.54, 1.807) is 0 Å². The minimum atomic E-state index is -3.24. The summed E-state index contributed by atoms with van der Waals surface area (Å²) in [6, 6.07) is -0.989. The lowest BCUT2D eigenvalue weighted by atomic mass is 10.0. The number of unbranched alkanes of at least 4 members (excludes halogenated alkanes) is 13. The van der Waals surface area contributed by atoms with Gasteiger partial charge in [-0.05, 0) is 25.7 Å². The van der Waals surface area contributed by atoms with Gasteiger partial charge in [0.25, 0.3) is 0 Å². The first-order valence-corrected chi connectivity index (χ1v) is 15.7. The van der Waals surface area contributed by atoms with Crippen LogP contribution in [-0.2, 0) is 24.2 Å².